The van der Waals surface area contributed by atoms with Crippen molar-refractivity contribution in [2.75, 3.05) is 11.9 Å². The molecule has 1 heterocycles. The van der Waals surface area contributed by atoms with Crippen LogP contribution in [-0.4, -0.2) is 28.4 Å². The Morgan fingerprint density at radius 3 is 2.42 bits per heavy atom. The molecule has 1 aromatic heterocycles. The average molecular weight is 485 g/mol. The molecule has 0 aliphatic rings. The minimum Gasteiger partial charge on any atom is -0.494 e. The minimum atomic E-state index is -0.129. The molecule has 2 amide bonds. The van der Waals surface area contributed by atoms with Gasteiger partial charge in [-0.3, -0.25) is 9.59 Å². The van der Waals surface area contributed by atoms with Gasteiger partial charge in [0.15, 0.2) is 0 Å². The van der Waals surface area contributed by atoms with Crippen LogP contribution in [-0.2, 0) is 24.2 Å². The van der Waals surface area contributed by atoms with Gasteiger partial charge in [-0.25, -0.2) is 4.98 Å². The van der Waals surface area contributed by atoms with E-state index in [0.29, 0.717) is 12.1 Å². The number of carbonyl (C=O) groups excluding carboxylic acids is 2. The largest absolute Gasteiger partial charge is 0.494 e. The van der Waals surface area contributed by atoms with Gasteiger partial charge >= 0.3 is 0 Å². The van der Waals surface area contributed by atoms with E-state index in [1.165, 1.54) is 6.92 Å². The van der Waals surface area contributed by atoms with Crippen LogP contribution in [0.5, 0.6) is 5.75 Å². The van der Waals surface area contributed by atoms with Gasteiger partial charge in [0.25, 0.3) is 5.91 Å². The molecule has 186 valence electrons. The molecule has 4 rings (SSSR count). The Morgan fingerprint density at radius 1 is 0.944 bits per heavy atom. The number of imidazole rings is 1. The van der Waals surface area contributed by atoms with Gasteiger partial charge in [-0.05, 0) is 66.4 Å². The summed E-state index contributed by atoms with van der Waals surface area (Å²) in [6.07, 6.45) is 3.70. The Hall–Kier alpha value is -4.13. The van der Waals surface area contributed by atoms with Crippen LogP contribution in [0.2, 0.25) is 0 Å². The highest BCUT2D eigenvalue weighted by Crippen LogP contribution is 2.17. The smallest absolute Gasteiger partial charge is 0.251 e. The number of nitrogens with one attached hydrogen (secondary N) is 3. The summed E-state index contributed by atoms with van der Waals surface area (Å²) in [5.74, 6) is 1.51. The lowest BCUT2D eigenvalue weighted by Crippen LogP contribution is -2.22. The number of rotatable bonds is 11. The second-order valence-electron chi connectivity index (χ2n) is 8.82. The number of fused-ring (bicyclic) bond motifs is 1. The second-order valence-corrected chi connectivity index (χ2v) is 8.82. The molecule has 0 spiro atoms. The summed E-state index contributed by atoms with van der Waals surface area (Å²) >= 11 is 0. The number of carbonyl (C=O) groups is 2. The number of ether oxygens (including phenoxy) is 1. The number of aromatic amines is 1. The third-order valence-corrected chi connectivity index (χ3v) is 5.86. The third-order valence-electron chi connectivity index (χ3n) is 5.86. The van der Waals surface area contributed by atoms with Crippen LogP contribution in [0.1, 0.15) is 54.0 Å². The van der Waals surface area contributed by atoms with Crippen molar-refractivity contribution in [2.24, 2.45) is 0 Å². The second kappa shape index (κ2) is 12.0. The molecule has 0 saturated carbocycles. The van der Waals surface area contributed by atoms with Crippen molar-refractivity contribution in [3.63, 3.8) is 0 Å². The number of H-pyrrole nitrogens is 1. The zero-order valence-electron chi connectivity index (χ0n) is 20.8. The summed E-state index contributed by atoms with van der Waals surface area (Å²) in [4.78, 5) is 31.9. The van der Waals surface area contributed by atoms with E-state index in [9.17, 15) is 9.59 Å². The van der Waals surface area contributed by atoms with E-state index in [4.69, 9.17) is 4.74 Å². The monoisotopic (exact) mass is 484 g/mol. The number of unbranched alkanes of at least 4 members (excludes halogenated alkanes) is 1. The Balaban J connectivity index is 1.31. The van der Waals surface area contributed by atoms with E-state index in [2.05, 4.69) is 27.5 Å². The fraction of sp³-hybridized carbons (Fsp3) is 0.276. The first-order valence-corrected chi connectivity index (χ1v) is 12.4. The predicted molar refractivity (Wildman–Crippen MR) is 142 cm³/mol. The van der Waals surface area contributed by atoms with Crippen LogP contribution in [0, 0.1) is 0 Å². The topological polar surface area (TPSA) is 96.1 Å². The maximum atomic E-state index is 12.7. The summed E-state index contributed by atoms with van der Waals surface area (Å²) in [5, 5.41) is 5.75. The average Bonchev–Trinajstić information content (AvgIpc) is 3.30. The Morgan fingerprint density at radius 2 is 1.69 bits per heavy atom. The van der Waals surface area contributed by atoms with E-state index in [1.807, 2.05) is 60.7 Å². The first kappa shape index (κ1) is 25.0. The summed E-state index contributed by atoms with van der Waals surface area (Å²) < 4.78 is 5.69. The number of aryl methyl sites for hydroxylation is 2. The quantitative estimate of drug-likeness (QED) is 0.248. The number of hydrogen-bond donors (Lipinski definition) is 3. The van der Waals surface area contributed by atoms with Crippen molar-refractivity contribution in [3.05, 3.63) is 89.2 Å². The highest BCUT2D eigenvalue weighted by molar-refractivity contribution is 5.97. The predicted octanol–water partition coefficient (Wildman–Crippen LogP) is 5.42. The molecular weight excluding hydrogens is 452 g/mol. The molecule has 0 unspecified atom stereocenters. The van der Waals surface area contributed by atoms with Crippen molar-refractivity contribution >= 4 is 28.5 Å². The Labute approximate surface area is 211 Å². The van der Waals surface area contributed by atoms with Crippen molar-refractivity contribution in [1.82, 2.24) is 15.3 Å². The number of aromatic nitrogens is 2. The molecule has 0 fully saturated rings. The van der Waals surface area contributed by atoms with E-state index >= 15 is 0 Å². The summed E-state index contributed by atoms with van der Waals surface area (Å²) in [7, 11) is 0. The Bertz CT molecular complexity index is 1310. The SMILES string of the molecule is CCCCOc1ccc(CNC(=O)c2ccc3nc(CCc4ccc(NC(C)=O)cc4)[nH]c3c2)cc1. The summed E-state index contributed by atoms with van der Waals surface area (Å²) in [6.45, 7) is 4.80. The molecule has 0 radical (unpaired) electrons. The number of anilines is 1. The lowest BCUT2D eigenvalue weighted by atomic mass is 10.1. The third kappa shape index (κ3) is 6.95. The molecule has 3 N–H and O–H groups in total. The van der Waals surface area contributed by atoms with E-state index in [0.717, 1.165) is 71.7 Å². The molecule has 7 heteroatoms. The van der Waals surface area contributed by atoms with Crippen molar-refractivity contribution in [1.29, 1.82) is 0 Å². The molecule has 3 aromatic carbocycles. The summed E-state index contributed by atoms with van der Waals surface area (Å²) in [5.41, 5.74) is 5.22. The highest BCUT2D eigenvalue weighted by Gasteiger charge is 2.10. The zero-order valence-corrected chi connectivity index (χ0v) is 20.8. The van der Waals surface area contributed by atoms with Gasteiger partial charge in [0.1, 0.15) is 11.6 Å². The summed E-state index contributed by atoms with van der Waals surface area (Å²) in [6, 6.07) is 21.1. The first-order valence-electron chi connectivity index (χ1n) is 12.4. The number of benzene rings is 3. The van der Waals surface area contributed by atoms with Gasteiger partial charge in [0.05, 0.1) is 17.6 Å². The van der Waals surface area contributed by atoms with Crippen molar-refractivity contribution in [2.45, 2.75) is 46.1 Å². The maximum Gasteiger partial charge on any atom is 0.251 e. The maximum absolute atomic E-state index is 12.7. The van der Waals surface area contributed by atoms with Crippen molar-refractivity contribution < 1.29 is 14.3 Å². The van der Waals surface area contributed by atoms with Crippen LogP contribution < -0.4 is 15.4 Å². The number of amides is 2. The molecular formula is C29H32N4O3. The van der Waals surface area contributed by atoms with E-state index in [-0.39, 0.29) is 11.8 Å². The Kier molecular flexibility index (Phi) is 8.34. The van der Waals surface area contributed by atoms with Gasteiger partial charge in [-0.2, -0.15) is 0 Å². The van der Waals surface area contributed by atoms with Crippen LogP contribution in [0.15, 0.2) is 66.7 Å². The van der Waals surface area contributed by atoms with Crippen LogP contribution in [0.4, 0.5) is 5.69 Å². The molecule has 0 aliphatic carbocycles. The molecule has 36 heavy (non-hydrogen) atoms. The highest BCUT2D eigenvalue weighted by atomic mass is 16.5. The zero-order chi connectivity index (χ0) is 25.3. The van der Waals surface area contributed by atoms with Gasteiger partial charge in [0, 0.05) is 31.1 Å². The van der Waals surface area contributed by atoms with Gasteiger partial charge in [-0.1, -0.05) is 37.6 Å². The molecule has 7 nitrogen and oxygen atoms in total. The van der Waals surface area contributed by atoms with Gasteiger partial charge < -0.3 is 20.4 Å². The minimum absolute atomic E-state index is 0.0833. The lowest BCUT2D eigenvalue weighted by molar-refractivity contribution is -0.114. The van der Waals surface area contributed by atoms with Gasteiger partial charge in [-0.15, -0.1) is 0 Å². The van der Waals surface area contributed by atoms with E-state index in [1.54, 1.807) is 6.07 Å². The lowest BCUT2D eigenvalue weighted by Gasteiger charge is -2.08. The molecule has 0 bridgehead atoms. The first-order chi connectivity index (χ1) is 17.5. The molecule has 0 saturated heterocycles. The molecule has 4 aromatic rings. The van der Waals surface area contributed by atoms with E-state index < -0.39 is 0 Å². The van der Waals surface area contributed by atoms with Crippen molar-refractivity contribution in [3.8, 4) is 5.75 Å². The molecule has 0 atom stereocenters. The number of nitrogens with zero attached hydrogens (tertiary/aromatic N) is 1. The standard InChI is InChI=1S/C29H32N4O3/c1-3-4-17-36-25-13-7-22(8-14-25)19-30-29(35)23-10-15-26-27(18-23)33-28(32-26)16-9-21-5-11-24(12-6-21)31-20(2)34/h5-8,10-15,18H,3-4,9,16-17,19H2,1-2H3,(H,30,35)(H,31,34)(H,32,33). The molecule has 0 aliphatic heterocycles. The van der Waals surface area contributed by atoms with Gasteiger partial charge in [0.2, 0.25) is 5.91 Å². The van der Waals surface area contributed by atoms with Crippen LogP contribution in [0.25, 0.3) is 11.0 Å². The van der Waals surface area contributed by atoms with Crippen LogP contribution in [0.3, 0.4) is 0 Å². The van der Waals surface area contributed by atoms with Crippen LogP contribution >= 0.6 is 0 Å². The fourth-order valence-electron chi connectivity index (χ4n) is 3.87. The number of hydrogen-bond acceptors (Lipinski definition) is 4. The fourth-order valence-corrected chi connectivity index (χ4v) is 3.87. The normalized spacial score (nSPS) is 10.8.